The summed E-state index contributed by atoms with van der Waals surface area (Å²) in [5.74, 6) is 1.53. The number of hydrogen-bond acceptors (Lipinski definition) is 7. The number of hydrogen-bond donors (Lipinski definition) is 4. The number of urea groups is 1. The van der Waals surface area contributed by atoms with E-state index in [1.807, 2.05) is 6.07 Å². The van der Waals surface area contributed by atoms with Crippen molar-refractivity contribution in [2.75, 3.05) is 32.4 Å². The number of benzene rings is 2. The first-order valence-corrected chi connectivity index (χ1v) is 11.2. The monoisotopic (exact) mass is 471 g/mol. The molecule has 0 radical (unpaired) electrons. The van der Waals surface area contributed by atoms with Crippen molar-refractivity contribution >= 4 is 17.6 Å². The first kappa shape index (κ1) is 23.7. The molecule has 2 aromatic carbocycles. The van der Waals surface area contributed by atoms with Gasteiger partial charge in [0.1, 0.15) is 11.9 Å². The Hall–Kier alpha value is -3.50. The average Bonchev–Trinajstić information content (AvgIpc) is 3.33. The van der Waals surface area contributed by atoms with Gasteiger partial charge in [-0.25, -0.2) is 4.79 Å². The number of carbonyl (C=O) groups is 2. The summed E-state index contributed by atoms with van der Waals surface area (Å²) in [5.41, 5.74) is 1.04. The molecule has 0 unspecified atom stereocenters. The van der Waals surface area contributed by atoms with E-state index in [4.69, 9.17) is 18.9 Å². The highest BCUT2D eigenvalue weighted by Crippen LogP contribution is 2.32. The van der Waals surface area contributed by atoms with Gasteiger partial charge in [-0.05, 0) is 49.6 Å². The summed E-state index contributed by atoms with van der Waals surface area (Å²) in [6.45, 7) is 0.353. The molecule has 0 spiro atoms. The Balaban J connectivity index is 1.22. The summed E-state index contributed by atoms with van der Waals surface area (Å²) >= 11 is 0. The normalized spacial score (nSPS) is 20.9. The number of fused-ring (bicyclic) bond motifs is 1. The number of anilines is 1. The Kier molecular flexibility index (Phi) is 7.71. The van der Waals surface area contributed by atoms with Crippen LogP contribution < -0.4 is 30.2 Å². The Morgan fingerprint density at radius 2 is 1.94 bits per heavy atom. The van der Waals surface area contributed by atoms with Crippen LogP contribution in [0.2, 0.25) is 0 Å². The van der Waals surface area contributed by atoms with Crippen molar-refractivity contribution in [3.8, 4) is 17.2 Å². The number of aliphatic hydroxyl groups is 1. The van der Waals surface area contributed by atoms with Crippen molar-refractivity contribution in [3.05, 3.63) is 48.0 Å². The van der Waals surface area contributed by atoms with Crippen molar-refractivity contribution in [1.82, 2.24) is 10.6 Å². The smallest absolute Gasteiger partial charge is 0.319 e. The highest BCUT2D eigenvalue weighted by Gasteiger charge is 2.32. The third-order valence-corrected chi connectivity index (χ3v) is 5.85. The maximum Gasteiger partial charge on any atom is 0.319 e. The van der Waals surface area contributed by atoms with Crippen molar-refractivity contribution in [2.45, 2.75) is 37.5 Å². The standard InChI is InChI=1S/C24H29N3O7/c1-31-19-5-3-2-4-17(19)26-24(30)27-18-8-7-16(34-22(18)13-28)10-11-25-23(29)15-6-9-20-21(12-15)33-14-32-20/h2-6,9,12,16,18,22,28H,7-8,10-11,13-14H2,1H3,(H,25,29)(H2,26,27,30)/t16-,18+,22-/m0/s1. The van der Waals surface area contributed by atoms with Crippen LogP contribution in [0.3, 0.4) is 0 Å². The van der Waals surface area contributed by atoms with E-state index in [0.717, 1.165) is 0 Å². The maximum atomic E-state index is 12.5. The number of aliphatic hydroxyl groups excluding tert-OH is 1. The molecule has 3 amide bonds. The predicted octanol–water partition coefficient (Wildman–Crippen LogP) is 2.27. The van der Waals surface area contributed by atoms with Crippen LogP contribution in [-0.2, 0) is 4.74 Å². The molecule has 0 saturated carbocycles. The lowest BCUT2D eigenvalue weighted by Gasteiger charge is -2.36. The van der Waals surface area contributed by atoms with E-state index in [1.54, 1.807) is 36.4 Å². The van der Waals surface area contributed by atoms with Gasteiger partial charge in [-0.1, -0.05) is 12.1 Å². The van der Waals surface area contributed by atoms with Crippen LogP contribution in [0, 0.1) is 0 Å². The van der Waals surface area contributed by atoms with Gasteiger partial charge in [0.2, 0.25) is 6.79 Å². The van der Waals surface area contributed by atoms with Crippen LogP contribution in [0.25, 0.3) is 0 Å². The van der Waals surface area contributed by atoms with Gasteiger partial charge in [0.25, 0.3) is 5.91 Å². The highest BCUT2D eigenvalue weighted by molar-refractivity contribution is 5.95. The number of rotatable bonds is 8. The van der Waals surface area contributed by atoms with Gasteiger partial charge in [0.05, 0.1) is 31.5 Å². The maximum absolute atomic E-state index is 12.5. The first-order chi connectivity index (χ1) is 16.6. The van der Waals surface area contributed by atoms with E-state index in [1.165, 1.54) is 7.11 Å². The van der Waals surface area contributed by atoms with Crippen LogP contribution >= 0.6 is 0 Å². The van der Waals surface area contributed by atoms with Crippen LogP contribution in [0.4, 0.5) is 10.5 Å². The zero-order valence-electron chi connectivity index (χ0n) is 18.9. The molecular weight excluding hydrogens is 442 g/mol. The molecule has 3 atom stereocenters. The zero-order chi connectivity index (χ0) is 23.9. The summed E-state index contributed by atoms with van der Waals surface area (Å²) in [7, 11) is 1.53. The van der Waals surface area contributed by atoms with E-state index < -0.39 is 12.1 Å². The first-order valence-electron chi connectivity index (χ1n) is 11.2. The van der Waals surface area contributed by atoms with Gasteiger partial charge in [-0.15, -0.1) is 0 Å². The Labute approximate surface area is 197 Å². The van der Waals surface area contributed by atoms with Gasteiger partial charge in [0.15, 0.2) is 11.5 Å². The van der Waals surface area contributed by atoms with Crippen LogP contribution in [0.1, 0.15) is 29.6 Å². The molecule has 34 heavy (non-hydrogen) atoms. The van der Waals surface area contributed by atoms with Crippen LogP contribution in [0.5, 0.6) is 17.2 Å². The molecule has 182 valence electrons. The lowest BCUT2D eigenvalue weighted by atomic mass is 9.97. The fourth-order valence-electron chi connectivity index (χ4n) is 4.07. The molecule has 2 aromatic rings. The minimum absolute atomic E-state index is 0.135. The van der Waals surface area contributed by atoms with E-state index in [-0.39, 0.29) is 31.5 Å². The molecular formula is C24H29N3O7. The minimum Gasteiger partial charge on any atom is -0.495 e. The molecule has 0 bridgehead atoms. The largest absolute Gasteiger partial charge is 0.495 e. The third kappa shape index (κ3) is 5.70. The van der Waals surface area contributed by atoms with Gasteiger partial charge >= 0.3 is 6.03 Å². The SMILES string of the molecule is COc1ccccc1NC(=O)N[C@@H]1CC[C@@H](CCNC(=O)c2ccc3c(c2)OCO3)O[C@H]1CO. The molecule has 4 N–H and O–H groups in total. The predicted molar refractivity (Wildman–Crippen MR) is 123 cm³/mol. The van der Waals surface area contributed by atoms with E-state index >= 15 is 0 Å². The van der Waals surface area contributed by atoms with E-state index in [9.17, 15) is 14.7 Å². The van der Waals surface area contributed by atoms with Gasteiger partial charge in [-0.2, -0.15) is 0 Å². The van der Waals surface area contributed by atoms with E-state index in [0.29, 0.717) is 54.3 Å². The number of carbonyl (C=O) groups excluding carboxylic acids is 2. The summed E-state index contributed by atoms with van der Waals surface area (Å²) in [4.78, 5) is 24.9. The van der Waals surface area contributed by atoms with Crippen molar-refractivity contribution < 1.29 is 33.6 Å². The average molecular weight is 472 g/mol. The fraction of sp³-hybridized carbons (Fsp3) is 0.417. The molecule has 2 aliphatic rings. The second-order valence-corrected chi connectivity index (χ2v) is 8.07. The molecule has 0 aliphatic carbocycles. The van der Waals surface area contributed by atoms with Gasteiger partial charge in [-0.3, -0.25) is 4.79 Å². The second-order valence-electron chi connectivity index (χ2n) is 8.07. The summed E-state index contributed by atoms with van der Waals surface area (Å²) in [6, 6.07) is 11.4. The Bertz CT molecular complexity index is 1020. The van der Waals surface area contributed by atoms with Crippen molar-refractivity contribution in [1.29, 1.82) is 0 Å². The van der Waals surface area contributed by atoms with Crippen molar-refractivity contribution in [3.63, 3.8) is 0 Å². The van der Waals surface area contributed by atoms with Crippen molar-refractivity contribution in [2.24, 2.45) is 0 Å². The lowest BCUT2D eigenvalue weighted by Crippen LogP contribution is -2.52. The Morgan fingerprint density at radius 3 is 2.76 bits per heavy atom. The minimum atomic E-state index is -0.535. The molecule has 0 aromatic heterocycles. The molecule has 1 saturated heterocycles. The highest BCUT2D eigenvalue weighted by atomic mass is 16.7. The summed E-state index contributed by atoms with van der Waals surface area (Å²) in [5, 5.41) is 18.3. The third-order valence-electron chi connectivity index (χ3n) is 5.85. The topological polar surface area (TPSA) is 127 Å². The number of methoxy groups -OCH3 is 1. The molecule has 10 heteroatoms. The number of ether oxygens (including phenoxy) is 4. The number of nitrogens with one attached hydrogen (secondary N) is 3. The molecule has 10 nitrogen and oxygen atoms in total. The van der Waals surface area contributed by atoms with Gasteiger partial charge in [0, 0.05) is 12.1 Å². The number of para-hydroxylation sites is 2. The quantitative estimate of drug-likeness (QED) is 0.465. The summed E-state index contributed by atoms with van der Waals surface area (Å²) < 4.78 is 21.8. The second kappa shape index (κ2) is 11.1. The fourth-order valence-corrected chi connectivity index (χ4v) is 4.07. The molecule has 2 heterocycles. The van der Waals surface area contributed by atoms with Gasteiger partial charge < -0.3 is 40.0 Å². The molecule has 2 aliphatic heterocycles. The van der Waals surface area contributed by atoms with Crippen LogP contribution in [-0.4, -0.2) is 62.3 Å². The molecule has 4 rings (SSSR count). The summed E-state index contributed by atoms with van der Waals surface area (Å²) in [6.07, 6.45) is 1.25. The Morgan fingerprint density at radius 1 is 1.12 bits per heavy atom. The lowest BCUT2D eigenvalue weighted by molar-refractivity contribution is -0.0886. The van der Waals surface area contributed by atoms with E-state index in [2.05, 4.69) is 16.0 Å². The zero-order valence-corrected chi connectivity index (χ0v) is 18.9. The number of amides is 3. The molecule has 1 fully saturated rings. The van der Waals surface area contributed by atoms with Crippen LogP contribution in [0.15, 0.2) is 42.5 Å².